The van der Waals surface area contributed by atoms with E-state index in [1.807, 2.05) is 4.90 Å². The van der Waals surface area contributed by atoms with Crippen LogP contribution >= 0.6 is 0 Å². The third kappa shape index (κ3) is 4.99. The third-order valence-electron chi connectivity index (χ3n) is 4.77. The number of carbonyl (C=O) groups is 2. The summed E-state index contributed by atoms with van der Waals surface area (Å²) in [4.78, 5) is 25.9. The number of hydrogen-bond acceptors (Lipinski definition) is 3. The molecule has 2 amide bonds. The monoisotopic (exact) mass is 296 g/mol. The maximum Gasteiger partial charge on any atom is 0.224 e. The highest BCUT2D eigenvalue weighted by atomic mass is 16.3. The summed E-state index contributed by atoms with van der Waals surface area (Å²) in [5.41, 5.74) is 0. The van der Waals surface area contributed by atoms with E-state index in [9.17, 15) is 9.59 Å². The number of rotatable bonds is 6. The van der Waals surface area contributed by atoms with E-state index in [1.54, 1.807) is 0 Å². The lowest BCUT2D eigenvalue weighted by molar-refractivity contribution is -0.133. The van der Waals surface area contributed by atoms with Crippen molar-refractivity contribution in [2.75, 3.05) is 26.2 Å². The summed E-state index contributed by atoms with van der Waals surface area (Å²) in [6, 6.07) is 0. The van der Waals surface area contributed by atoms with Gasteiger partial charge in [0.2, 0.25) is 11.8 Å². The van der Waals surface area contributed by atoms with Gasteiger partial charge in [-0.3, -0.25) is 9.59 Å². The summed E-state index contributed by atoms with van der Waals surface area (Å²) in [5, 5.41) is 11.9. The highest BCUT2D eigenvalue weighted by molar-refractivity contribution is 5.80. The Morgan fingerprint density at radius 2 is 1.90 bits per heavy atom. The van der Waals surface area contributed by atoms with Crippen LogP contribution in [0.15, 0.2) is 0 Å². The molecule has 0 aromatic rings. The second-order valence-corrected chi connectivity index (χ2v) is 6.38. The van der Waals surface area contributed by atoms with Crippen molar-refractivity contribution in [1.29, 1.82) is 0 Å². The molecule has 21 heavy (non-hydrogen) atoms. The van der Waals surface area contributed by atoms with Crippen LogP contribution in [0.3, 0.4) is 0 Å². The molecule has 1 saturated carbocycles. The van der Waals surface area contributed by atoms with Crippen molar-refractivity contribution >= 4 is 11.8 Å². The van der Waals surface area contributed by atoms with Crippen molar-refractivity contribution < 1.29 is 14.7 Å². The highest BCUT2D eigenvalue weighted by Crippen LogP contribution is 2.24. The lowest BCUT2D eigenvalue weighted by Crippen LogP contribution is -2.41. The van der Waals surface area contributed by atoms with Crippen LogP contribution in [0.1, 0.15) is 51.4 Å². The molecule has 0 aromatic heterocycles. The fourth-order valence-corrected chi connectivity index (χ4v) is 3.49. The fraction of sp³-hybridized carbons (Fsp3) is 0.875. The molecule has 5 heteroatoms. The molecule has 1 heterocycles. The van der Waals surface area contributed by atoms with Gasteiger partial charge in [-0.25, -0.2) is 0 Å². The van der Waals surface area contributed by atoms with Gasteiger partial charge in [0, 0.05) is 38.6 Å². The van der Waals surface area contributed by atoms with Crippen LogP contribution in [-0.2, 0) is 9.59 Å². The van der Waals surface area contributed by atoms with E-state index in [-0.39, 0.29) is 24.3 Å². The van der Waals surface area contributed by atoms with Crippen LogP contribution < -0.4 is 5.32 Å². The molecule has 1 atom stereocenters. The van der Waals surface area contributed by atoms with Crippen molar-refractivity contribution in [2.24, 2.45) is 11.8 Å². The van der Waals surface area contributed by atoms with Crippen molar-refractivity contribution in [2.45, 2.75) is 51.4 Å². The van der Waals surface area contributed by atoms with Crippen LogP contribution in [0.25, 0.3) is 0 Å². The van der Waals surface area contributed by atoms with E-state index in [1.165, 1.54) is 0 Å². The largest absolute Gasteiger partial charge is 0.396 e. The van der Waals surface area contributed by atoms with E-state index in [0.717, 1.165) is 58.0 Å². The number of nitrogens with zero attached hydrogens (tertiary/aromatic N) is 1. The lowest BCUT2D eigenvalue weighted by Gasteiger charge is -2.32. The van der Waals surface area contributed by atoms with E-state index in [4.69, 9.17) is 5.11 Å². The molecule has 1 saturated heterocycles. The number of aliphatic hydroxyl groups is 1. The smallest absolute Gasteiger partial charge is 0.224 e. The van der Waals surface area contributed by atoms with Crippen LogP contribution in [-0.4, -0.2) is 48.1 Å². The van der Waals surface area contributed by atoms with Gasteiger partial charge in [0.1, 0.15) is 0 Å². The summed E-state index contributed by atoms with van der Waals surface area (Å²) < 4.78 is 0. The number of aliphatic hydroxyl groups excluding tert-OH is 1. The van der Waals surface area contributed by atoms with Gasteiger partial charge in [-0.05, 0) is 38.0 Å². The Kier molecular flexibility index (Phi) is 6.49. The number of hydrogen-bond donors (Lipinski definition) is 2. The number of carbonyl (C=O) groups excluding carboxylic acids is 2. The highest BCUT2D eigenvalue weighted by Gasteiger charge is 2.24. The molecular formula is C16H28N2O3. The molecule has 0 aromatic carbocycles. The Balaban J connectivity index is 1.65. The number of likely N-dealkylation sites (tertiary alicyclic amines) is 1. The Morgan fingerprint density at radius 3 is 2.62 bits per heavy atom. The van der Waals surface area contributed by atoms with Gasteiger partial charge in [-0.2, -0.15) is 0 Å². The zero-order valence-electron chi connectivity index (χ0n) is 12.9. The Labute approximate surface area is 127 Å². The molecule has 0 radical (unpaired) electrons. The second kappa shape index (κ2) is 8.37. The molecule has 0 bridgehead atoms. The van der Waals surface area contributed by atoms with Crippen molar-refractivity contribution in [3.63, 3.8) is 0 Å². The molecule has 2 N–H and O–H groups in total. The first-order valence-corrected chi connectivity index (χ1v) is 8.37. The zero-order chi connectivity index (χ0) is 15.1. The maximum absolute atomic E-state index is 12.2. The van der Waals surface area contributed by atoms with Crippen LogP contribution in [0.4, 0.5) is 0 Å². The van der Waals surface area contributed by atoms with Gasteiger partial charge in [0.05, 0.1) is 0 Å². The van der Waals surface area contributed by atoms with Crippen LogP contribution in [0.5, 0.6) is 0 Å². The predicted octanol–water partition coefficient (Wildman–Crippen LogP) is 1.30. The summed E-state index contributed by atoms with van der Waals surface area (Å²) in [7, 11) is 0. The Hall–Kier alpha value is -1.10. The van der Waals surface area contributed by atoms with Crippen molar-refractivity contribution in [3.8, 4) is 0 Å². The quantitative estimate of drug-likeness (QED) is 0.776. The first kappa shape index (κ1) is 16.3. The average Bonchev–Trinajstić information content (AvgIpc) is 3.02. The summed E-state index contributed by atoms with van der Waals surface area (Å²) in [6.07, 6.45) is 7.58. The van der Waals surface area contributed by atoms with Crippen LogP contribution in [0.2, 0.25) is 0 Å². The Bertz CT molecular complexity index is 351. The van der Waals surface area contributed by atoms with Crippen molar-refractivity contribution in [3.05, 3.63) is 0 Å². The van der Waals surface area contributed by atoms with Gasteiger partial charge in [0.15, 0.2) is 0 Å². The summed E-state index contributed by atoms with van der Waals surface area (Å²) in [5.74, 6) is 0.853. The first-order chi connectivity index (χ1) is 10.2. The van der Waals surface area contributed by atoms with Crippen LogP contribution in [0, 0.1) is 11.8 Å². The SMILES string of the molecule is O=C(NCCC(=O)N1CCCC(CCO)C1)C1CCCC1. The number of piperidine rings is 1. The molecule has 2 rings (SSSR count). The second-order valence-electron chi connectivity index (χ2n) is 6.38. The minimum absolute atomic E-state index is 0.122. The van der Waals surface area contributed by atoms with Crippen molar-refractivity contribution in [1.82, 2.24) is 10.2 Å². The number of amides is 2. The molecule has 2 aliphatic rings. The predicted molar refractivity (Wildman–Crippen MR) is 80.6 cm³/mol. The normalized spacial score (nSPS) is 23.3. The molecule has 1 unspecified atom stereocenters. The number of nitrogens with one attached hydrogen (secondary N) is 1. The topological polar surface area (TPSA) is 69.6 Å². The van der Waals surface area contributed by atoms with Gasteiger partial charge in [0.25, 0.3) is 0 Å². The molecule has 5 nitrogen and oxygen atoms in total. The molecule has 1 aliphatic carbocycles. The van der Waals surface area contributed by atoms with Gasteiger partial charge in [-0.15, -0.1) is 0 Å². The molecule has 2 fully saturated rings. The van der Waals surface area contributed by atoms with E-state index in [0.29, 0.717) is 18.9 Å². The maximum atomic E-state index is 12.2. The molecule has 1 aliphatic heterocycles. The minimum atomic E-state index is 0.122. The minimum Gasteiger partial charge on any atom is -0.396 e. The lowest BCUT2D eigenvalue weighted by atomic mass is 9.95. The van der Waals surface area contributed by atoms with Gasteiger partial charge >= 0.3 is 0 Å². The first-order valence-electron chi connectivity index (χ1n) is 8.37. The zero-order valence-corrected chi connectivity index (χ0v) is 12.9. The van der Waals surface area contributed by atoms with E-state index in [2.05, 4.69) is 5.32 Å². The van der Waals surface area contributed by atoms with Gasteiger partial charge in [-0.1, -0.05) is 12.8 Å². The Morgan fingerprint density at radius 1 is 1.14 bits per heavy atom. The average molecular weight is 296 g/mol. The standard InChI is InChI=1S/C16H28N2O3/c19-11-8-13-4-3-10-18(12-13)15(20)7-9-17-16(21)14-5-1-2-6-14/h13-14,19H,1-12H2,(H,17,21). The fourth-order valence-electron chi connectivity index (χ4n) is 3.49. The third-order valence-corrected chi connectivity index (χ3v) is 4.77. The van der Waals surface area contributed by atoms with E-state index >= 15 is 0 Å². The van der Waals surface area contributed by atoms with Gasteiger partial charge < -0.3 is 15.3 Å². The van der Waals surface area contributed by atoms with E-state index < -0.39 is 0 Å². The summed E-state index contributed by atoms with van der Waals surface area (Å²) >= 11 is 0. The molecular weight excluding hydrogens is 268 g/mol. The molecule has 120 valence electrons. The summed E-state index contributed by atoms with van der Waals surface area (Å²) in [6.45, 7) is 2.23. The molecule has 0 spiro atoms.